The summed E-state index contributed by atoms with van der Waals surface area (Å²) in [4.78, 5) is 25.8. The summed E-state index contributed by atoms with van der Waals surface area (Å²) in [5.74, 6) is -2.61. The van der Waals surface area contributed by atoms with Crippen LogP contribution in [0.15, 0.2) is 42.5 Å². The van der Waals surface area contributed by atoms with Crippen LogP contribution in [0.25, 0.3) is 11.0 Å². The monoisotopic (exact) mass is 371 g/mol. The number of fused-ring (bicyclic) bond motifs is 1. The summed E-state index contributed by atoms with van der Waals surface area (Å²) in [6.07, 6.45) is 0.260. The fourth-order valence-electron chi connectivity index (χ4n) is 3.19. The molecule has 0 spiro atoms. The van der Waals surface area contributed by atoms with Crippen molar-refractivity contribution in [2.45, 2.75) is 19.0 Å². The maximum atomic E-state index is 13.9. The maximum Gasteiger partial charge on any atom is 0.249 e. The summed E-state index contributed by atoms with van der Waals surface area (Å²) in [6.45, 7) is 0.00619. The van der Waals surface area contributed by atoms with E-state index < -0.39 is 29.5 Å². The average molecular weight is 371 g/mol. The highest BCUT2D eigenvalue weighted by Crippen LogP contribution is 2.27. The molecule has 1 fully saturated rings. The number of hydrogen-bond acceptors (Lipinski definition) is 4. The van der Waals surface area contributed by atoms with Crippen LogP contribution >= 0.6 is 0 Å². The molecule has 0 saturated carbocycles. The zero-order chi connectivity index (χ0) is 19.0. The van der Waals surface area contributed by atoms with E-state index in [-0.39, 0.29) is 25.2 Å². The molecule has 2 amide bonds. The molecule has 4 rings (SSSR count). The smallest absolute Gasteiger partial charge is 0.249 e. The van der Waals surface area contributed by atoms with E-state index in [1.807, 2.05) is 6.07 Å². The molecule has 3 aromatic rings. The Hall–Kier alpha value is -3.36. The highest BCUT2D eigenvalue weighted by Gasteiger charge is 2.36. The number of halogens is 2. The normalized spacial score (nSPS) is 16.9. The Labute approximate surface area is 152 Å². The molecule has 1 aliphatic rings. The molecule has 9 heteroatoms. The molecule has 0 bridgehead atoms. The number of nitrogens with one attached hydrogen (secondary N) is 1. The van der Waals surface area contributed by atoms with Crippen molar-refractivity contribution in [1.82, 2.24) is 20.3 Å². The molecule has 1 N–H and O–H groups in total. The number of nitrogens with zero attached hydrogens (tertiary/aromatic N) is 4. The number of rotatable bonds is 4. The molecule has 1 atom stereocenters. The second-order valence-corrected chi connectivity index (χ2v) is 6.20. The van der Waals surface area contributed by atoms with E-state index in [9.17, 15) is 18.4 Å². The summed E-state index contributed by atoms with van der Waals surface area (Å²) in [5.41, 5.74) is 0.963. The lowest BCUT2D eigenvalue weighted by Gasteiger charge is -2.18. The lowest BCUT2D eigenvalue weighted by atomic mass is 10.2. The fraction of sp³-hybridized carbons (Fsp3) is 0.222. The van der Waals surface area contributed by atoms with Gasteiger partial charge in [0.1, 0.15) is 35.4 Å². The minimum absolute atomic E-state index is 0.113. The Morgan fingerprint density at radius 2 is 1.89 bits per heavy atom. The predicted molar refractivity (Wildman–Crippen MR) is 92.8 cm³/mol. The number of hydrogen-bond donors (Lipinski definition) is 1. The summed E-state index contributed by atoms with van der Waals surface area (Å²) in [7, 11) is 0. The molecule has 0 aliphatic carbocycles. The third kappa shape index (κ3) is 3.12. The van der Waals surface area contributed by atoms with Gasteiger partial charge in [0.15, 0.2) is 0 Å². The molecule has 27 heavy (non-hydrogen) atoms. The molecule has 2 aromatic carbocycles. The number of anilines is 1. The summed E-state index contributed by atoms with van der Waals surface area (Å²) in [5, 5.41) is 10.5. The summed E-state index contributed by atoms with van der Waals surface area (Å²) < 4.78 is 29.3. The second kappa shape index (κ2) is 6.75. The van der Waals surface area contributed by atoms with E-state index in [2.05, 4.69) is 15.6 Å². The zero-order valence-corrected chi connectivity index (χ0v) is 14.1. The zero-order valence-electron chi connectivity index (χ0n) is 14.1. The van der Waals surface area contributed by atoms with Crippen molar-refractivity contribution >= 4 is 28.5 Å². The second-order valence-electron chi connectivity index (χ2n) is 6.20. The lowest BCUT2D eigenvalue weighted by molar-refractivity contribution is -0.126. The molecule has 2 heterocycles. The Kier molecular flexibility index (Phi) is 4.27. The van der Waals surface area contributed by atoms with E-state index in [4.69, 9.17) is 0 Å². The SMILES string of the molecule is O=C(Cn1nnc2ccccc21)NC1CCN(c2c(F)cccc2F)C1=O. The van der Waals surface area contributed by atoms with Crippen molar-refractivity contribution in [3.63, 3.8) is 0 Å². The first kappa shape index (κ1) is 17.1. The van der Waals surface area contributed by atoms with Crippen LogP contribution in [-0.2, 0) is 16.1 Å². The van der Waals surface area contributed by atoms with Crippen LogP contribution < -0.4 is 10.2 Å². The highest BCUT2D eigenvalue weighted by molar-refractivity contribution is 6.01. The van der Waals surface area contributed by atoms with Gasteiger partial charge < -0.3 is 10.2 Å². The average Bonchev–Trinajstić information content (AvgIpc) is 3.20. The third-order valence-electron chi connectivity index (χ3n) is 4.46. The van der Waals surface area contributed by atoms with Gasteiger partial charge in [-0.15, -0.1) is 5.10 Å². The van der Waals surface area contributed by atoms with Crippen molar-refractivity contribution in [2.75, 3.05) is 11.4 Å². The minimum Gasteiger partial charge on any atom is -0.343 e. The van der Waals surface area contributed by atoms with Gasteiger partial charge >= 0.3 is 0 Å². The van der Waals surface area contributed by atoms with Gasteiger partial charge in [-0.05, 0) is 30.7 Å². The van der Waals surface area contributed by atoms with E-state index in [0.717, 1.165) is 17.0 Å². The van der Waals surface area contributed by atoms with Crippen LogP contribution in [0.5, 0.6) is 0 Å². The summed E-state index contributed by atoms with van der Waals surface area (Å²) >= 11 is 0. The van der Waals surface area contributed by atoms with E-state index >= 15 is 0 Å². The first-order valence-electron chi connectivity index (χ1n) is 8.37. The standard InChI is InChI=1S/C18H15F2N5O2/c19-11-4-3-5-12(20)17(11)24-9-8-14(18(24)27)21-16(26)10-25-15-7-2-1-6-13(15)22-23-25/h1-7,14H,8-10H2,(H,21,26). The number of amides is 2. The van der Waals surface area contributed by atoms with Gasteiger partial charge in [0.05, 0.1) is 5.52 Å². The number of carbonyl (C=O) groups excluding carboxylic acids is 2. The van der Waals surface area contributed by atoms with Crippen LogP contribution in [0.4, 0.5) is 14.5 Å². The molecule has 138 valence electrons. The van der Waals surface area contributed by atoms with Gasteiger partial charge in [-0.2, -0.15) is 0 Å². The molecule has 1 aliphatic heterocycles. The van der Waals surface area contributed by atoms with Crippen molar-refractivity contribution in [1.29, 1.82) is 0 Å². The van der Waals surface area contributed by atoms with Gasteiger partial charge in [0.25, 0.3) is 0 Å². The minimum atomic E-state index is -0.841. The van der Waals surface area contributed by atoms with Crippen molar-refractivity contribution < 1.29 is 18.4 Å². The van der Waals surface area contributed by atoms with Crippen LogP contribution in [0, 0.1) is 11.6 Å². The topological polar surface area (TPSA) is 80.1 Å². The number of aromatic nitrogens is 3. The van der Waals surface area contributed by atoms with Gasteiger partial charge in [0, 0.05) is 6.54 Å². The maximum absolute atomic E-state index is 13.9. The quantitative estimate of drug-likeness (QED) is 0.756. The van der Waals surface area contributed by atoms with Crippen LogP contribution in [0.1, 0.15) is 6.42 Å². The highest BCUT2D eigenvalue weighted by atomic mass is 19.1. The van der Waals surface area contributed by atoms with Crippen molar-refractivity contribution in [2.24, 2.45) is 0 Å². The van der Waals surface area contributed by atoms with Gasteiger partial charge in [-0.3, -0.25) is 9.59 Å². The third-order valence-corrected chi connectivity index (χ3v) is 4.46. The number of carbonyl (C=O) groups is 2. The molecule has 1 aromatic heterocycles. The van der Waals surface area contributed by atoms with Crippen LogP contribution in [0.2, 0.25) is 0 Å². The van der Waals surface area contributed by atoms with E-state index in [0.29, 0.717) is 11.0 Å². The van der Waals surface area contributed by atoms with Crippen molar-refractivity contribution in [3.05, 3.63) is 54.1 Å². The molecule has 0 radical (unpaired) electrons. The Bertz CT molecular complexity index is 1020. The van der Waals surface area contributed by atoms with Gasteiger partial charge in [0.2, 0.25) is 11.8 Å². The molecule has 1 unspecified atom stereocenters. The van der Waals surface area contributed by atoms with Gasteiger partial charge in [-0.1, -0.05) is 23.4 Å². The number of para-hydroxylation sites is 2. The fourth-order valence-corrected chi connectivity index (χ4v) is 3.19. The van der Waals surface area contributed by atoms with E-state index in [1.165, 1.54) is 10.7 Å². The largest absolute Gasteiger partial charge is 0.343 e. The summed E-state index contributed by atoms with van der Waals surface area (Å²) in [6, 6.07) is 9.75. The molecule has 1 saturated heterocycles. The first-order valence-corrected chi connectivity index (χ1v) is 8.37. The Morgan fingerprint density at radius 1 is 1.15 bits per heavy atom. The number of benzene rings is 2. The Morgan fingerprint density at radius 3 is 2.67 bits per heavy atom. The van der Waals surface area contributed by atoms with Crippen LogP contribution in [-0.4, -0.2) is 39.4 Å². The first-order chi connectivity index (χ1) is 13.0. The van der Waals surface area contributed by atoms with Crippen LogP contribution in [0.3, 0.4) is 0 Å². The van der Waals surface area contributed by atoms with E-state index in [1.54, 1.807) is 18.2 Å². The molecular formula is C18H15F2N5O2. The molecular weight excluding hydrogens is 356 g/mol. The van der Waals surface area contributed by atoms with Gasteiger partial charge in [-0.25, -0.2) is 13.5 Å². The predicted octanol–water partition coefficient (Wildman–Crippen LogP) is 1.63. The molecule has 7 nitrogen and oxygen atoms in total. The van der Waals surface area contributed by atoms with Crippen molar-refractivity contribution in [3.8, 4) is 0 Å². The lowest BCUT2D eigenvalue weighted by Crippen LogP contribution is -2.43. The Balaban J connectivity index is 1.46.